The van der Waals surface area contributed by atoms with E-state index in [4.69, 9.17) is 4.74 Å². The Bertz CT molecular complexity index is 1510. The number of H-pyrrole nitrogens is 1. The van der Waals surface area contributed by atoms with E-state index in [1.54, 1.807) is 23.1 Å². The Kier molecular flexibility index (Phi) is 6.89. The Hall–Kier alpha value is -3.84. The van der Waals surface area contributed by atoms with Crippen LogP contribution in [0.4, 0.5) is 0 Å². The third kappa shape index (κ3) is 4.55. The molecule has 37 heavy (non-hydrogen) atoms. The maximum Gasteiger partial charge on any atom is 0.295 e. The van der Waals surface area contributed by atoms with Crippen LogP contribution < -0.4 is 4.74 Å². The second-order valence-electron chi connectivity index (χ2n) is 9.40. The first-order valence-electron chi connectivity index (χ1n) is 12.5. The lowest BCUT2D eigenvalue weighted by Crippen LogP contribution is -2.31. The van der Waals surface area contributed by atoms with E-state index in [2.05, 4.69) is 4.98 Å². The summed E-state index contributed by atoms with van der Waals surface area (Å²) in [5.41, 5.74) is 4.59. The van der Waals surface area contributed by atoms with Crippen molar-refractivity contribution in [2.45, 2.75) is 39.7 Å². The fourth-order valence-corrected chi connectivity index (χ4v) is 6.00. The summed E-state index contributed by atoms with van der Waals surface area (Å²) in [4.78, 5) is 32.5. The number of fused-ring (bicyclic) bond motifs is 1. The number of aryl methyl sites for hydroxylation is 2. The molecule has 5 rings (SSSR count). The summed E-state index contributed by atoms with van der Waals surface area (Å²) < 4.78 is 5.77. The maximum absolute atomic E-state index is 13.4. The van der Waals surface area contributed by atoms with Gasteiger partial charge in [0.2, 0.25) is 0 Å². The molecule has 1 fully saturated rings. The Morgan fingerprint density at radius 1 is 1.11 bits per heavy atom. The molecule has 1 aliphatic rings. The largest absolute Gasteiger partial charge is 0.507 e. The standard InChI is InChI=1S/C30H30N2O4S/c1-4-14-36-24-10-9-20(16-19(24)3)27(33)25-26(29-18(2)12-15-37-29)32(30(35)28(25)34)13-11-21-17-31-23-8-6-5-7-22(21)23/h5-10,12,15-17,26,31,33H,4,11,13-14H2,1-3H3/b27-25-. The first-order valence-corrected chi connectivity index (χ1v) is 13.4. The number of nitrogens with one attached hydrogen (secondary N) is 1. The van der Waals surface area contributed by atoms with Gasteiger partial charge in [-0.1, -0.05) is 25.1 Å². The van der Waals surface area contributed by atoms with Gasteiger partial charge in [-0.05, 0) is 79.1 Å². The minimum absolute atomic E-state index is 0.135. The van der Waals surface area contributed by atoms with E-state index >= 15 is 0 Å². The molecule has 1 aliphatic heterocycles. The number of para-hydroxylation sites is 1. The molecule has 0 spiro atoms. The number of aliphatic hydroxyl groups excluding tert-OH is 1. The quantitative estimate of drug-likeness (QED) is 0.164. The van der Waals surface area contributed by atoms with Gasteiger partial charge in [0.15, 0.2) is 0 Å². The van der Waals surface area contributed by atoms with Crippen molar-refractivity contribution in [2.24, 2.45) is 0 Å². The van der Waals surface area contributed by atoms with E-state index in [9.17, 15) is 14.7 Å². The Labute approximate surface area is 220 Å². The van der Waals surface area contributed by atoms with E-state index < -0.39 is 17.7 Å². The highest BCUT2D eigenvalue weighted by atomic mass is 32.1. The van der Waals surface area contributed by atoms with Crippen molar-refractivity contribution in [1.29, 1.82) is 0 Å². The molecule has 0 radical (unpaired) electrons. The average molecular weight is 515 g/mol. The van der Waals surface area contributed by atoms with Gasteiger partial charge >= 0.3 is 0 Å². The highest BCUT2D eigenvalue weighted by Gasteiger charge is 2.46. The number of likely N-dealkylation sites (tertiary alicyclic amines) is 1. The number of carbonyl (C=O) groups excluding carboxylic acids is 2. The molecule has 190 valence electrons. The Morgan fingerprint density at radius 3 is 2.65 bits per heavy atom. The number of thiophene rings is 1. The normalized spacial score (nSPS) is 17.2. The van der Waals surface area contributed by atoms with Crippen molar-refractivity contribution in [3.05, 3.63) is 92.8 Å². The number of Topliss-reactive ketones (excluding diaryl/α,β-unsaturated/α-hetero) is 1. The van der Waals surface area contributed by atoms with Crippen LogP contribution in [0, 0.1) is 13.8 Å². The lowest BCUT2D eigenvalue weighted by molar-refractivity contribution is -0.139. The van der Waals surface area contributed by atoms with Gasteiger partial charge in [0.25, 0.3) is 11.7 Å². The topological polar surface area (TPSA) is 82.6 Å². The zero-order chi connectivity index (χ0) is 26.1. The molecule has 4 aromatic rings. The molecule has 1 atom stereocenters. The molecule has 2 N–H and O–H groups in total. The van der Waals surface area contributed by atoms with Gasteiger partial charge in [0, 0.05) is 34.1 Å². The van der Waals surface area contributed by atoms with Crippen molar-refractivity contribution in [1.82, 2.24) is 9.88 Å². The summed E-state index contributed by atoms with van der Waals surface area (Å²) in [5.74, 6) is -0.656. The number of hydrogen-bond donors (Lipinski definition) is 2. The number of nitrogens with zero attached hydrogens (tertiary/aromatic N) is 1. The van der Waals surface area contributed by atoms with Gasteiger partial charge < -0.3 is 19.7 Å². The number of aliphatic hydroxyl groups is 1. The highest BCUT2D eigenvalue weighted by Crippen LogP contribution is 2.43. The number of ketones is 1. The monoisotopic (exact) mass is 514 g/mol. The summed E-state index contributed by atoms with van der Waals surface area (Å²) in [6.45, 7) is 6.87. The Balaban J connectivity index is 1.53. The first kappa shape index (κ1) is 24.8. The van der Waals surface area contributed by atoms with Crippen LogP contribution in [0.25, 0.3) is 16.7 Å². The summed E-state index contributed by atoms with van der Waals surface area (Å²) in [5, 5.41) is 14.5. The van der Waals surface area contributed by atoms with Crippen LogP contribution in [0.15, 0.2) is 65.7 Å². The van der Waals surface area contributed by atoms with E-state index in [-0.39, 0.29) is 11.3 Å². The van der Waals surface area contributed by atoms with Crippen LogP contribution in [0.3, 0.4) is 0 Å². The SMILES string of the molecule is CCCOc1ccc(/C(O)=C2/C(=O)C(=O)N(CCc3c[nH]c4ccccc34)C2c2sccc2C)cc1C. The van der Waals surface area contributed by atoms with Crippen molar-refractivity contribution >= 4 is 39.7 Å². The lowest BCUT2D eigenvalue weighted by Gasteiger charge is -2.25. The fourth-order valence-electron chi connectivity index (χ4n) is 4.95. The molecular formula is C30H30N2O4S. The van der Waals surface area contributed by atoms with Gasteiger partial charge in [-0.15, -0.1) is 11.3 Å². The fraction of sp³-hybridized carbons (Fsp3) is 0.267. The number of hydrogen-bond acceptors (Lipinski definition) is 5. The molecule has 1 amide bonds. The number of ether oxygens (including phenoxy) is 1. The summed E-state index contributed by atoms with van der Waals surface area (Å²) in [6.07, 6.45) is 3.43. The summed E-state index contributed by atoms with van der Waals surface area (Å²) in [6, 6.07) is 14.7. The molecule has 7 heteroatoms. The van der Waals surface area contributed by atoms with Crippen LogP contribution in [-0.2, 0) is 16.0 Å². The number of aromatic amines is 1. The minimum atomic E-state index is -0.654. The number of rotatable bonds is 8. The van der Waals surface area contributed by atoms with Crippen molar-refractivity contribution < 1.29 is 19.4 Å². The van der Waals surface area contributed by atoms with Crippen LogP contribution in [0.2, 0.25) is 0 Å². The summed E-state index contributed by atoms with van der Waals surface area (Å²) in [7, 11) is 0. The second kappa shape index (κ2) is 10.3. The van der Waals surface area contributed by atoms with Gasteiger partial charge in [0.05, 0.1) is 18.2 Å². The van der Waals surface area contributed by atoms with Gasteiger partial charge in [-0.25, -0.2) is 0 Å². The van der Waals surface area contributed by atoms with Gasteiger partial charge in [-0.3, -0.25) is 9.59 Å². The van der Waals surface area contributed by atoms with Gasteiger partial charge in [-0.2, -0.15) is 0 Å². The average Bonchev–Trinajstić information content (AvgIpc) is 3.58. The number of benzene rings is 2. The number of carbonyl (C=O) groups is 2. The maximum atomic E-state index is 13.4. The molecule has 6 nitrogen and oxygen atoms in total. The van der Waals surface area contributed by atoms with Gasteiger partial charge in [0.1, 0.15) is 11.5 Å². The van der Waals surface area contributed by atoms with Crippen molar-refractivity contribution in [3.8, 4) is 5.75 Å². The van der Waals surface area contributed by atoms with Crippen LogP contribution in [0.5, 0.6) is 5.75 Å². The van der Waals surface area contributed by atoms with Crippen LogP contribution in [0.1, 0.15) is 46.5 Å². The third-order valence-electron chi connectivity index (χ3n) is 6.90. The molecule has 3 heterocycles. The predicted octanol–water partition coefficient (Wildman–Crippen LogP) is 6.30. The van der Waals surface area contributed by atoms with Crippen LogP contribution >= 0.6 is 11.3 Å². The molecule has 0 aliphatic carbocycles. The zero-order valence-electron chi connectivity index (χ0n) is 21.2. The number of amides is 1. The molecule has 2 aromatic heterocycles. The molecule has 1 unspecified atom stereocenters. The zero-order valence-corrected chi connectivity index (χ0v) is 22.0. The van der Waals surface area contributed by atoms with E-state index in [1.807, 2.05) is 62.7 Å². The molecule has 0 bridgehead atoms. The van der Waals surface area contributed by atoms with Crippen molar-refractivity contribution in [3.63, 3.8) is 0 Å². The molecule has 1 saturated heterocycles. The molecule has 2 aromatic carbocycles. The Morgan fingerprint density at radius 2 is 1.92 bits per heavy atom. The highest BCUT2D eigenvalue weighted by molar-refractivity contribution is 7.10. The minimum Gasteiger partial charge on any atom is -0.507 e. The number of aromatic nitrogens is 1. The van der Waals surface area contributed by atoms with E-state index in [1.165, 1.54) is 11.3 Å². The van der Waals surface area contributed by atoms with Crippen molar-refractivity contribution in [2.75, 3.05) is 13.2 Å². The second-order valence-corrected chi connectivity index (χ2v) is 10.3. The van der Waals surface area contributed by atoms with E-state index in [0.717, 1.165) is 44.6 Å². The first-order chi connectivity index (χ1) is 17.9. The lowest BCUT2D eigenvalue weighted by atomic mass is 9.97. The van der Waals surface area contributed by atoms with E-state index in [0.29, 0.717) is 25.1 Å². The third-order valence-corrected chi connectivity index (χ3v) is 7.97. The smallest absolute Gasteiger partial charge is 0.295 e. The van der Waals surface area contributed by atoms with Crippen LogP contribution in [-0.4, -0.2) is 39.8 Å². The summed E-state index contributed by atoms with van der Waals surface area (Å²) >= 11 is 1.49. The molecular weight excluding hydrogens is 484 g/mol. The predicted molar refractivity (Wildman–Crippen MR) is 147 cm³/mol. The molecule has 0 saturated carbocycles.